The van der Waals surface area contributed by atoms with Crippen molar-refractivity contribution < 1.29 is 27.8 Å². The molecule has 0 spiro atoms. The maximum Gasteiger partial charge on any atom is 0.435 e. The molecule has 1 atom stereocenters. The van der Waals surface area contributed by atoms with Crippen LogP contribution in [0.1, 0.15) is 5.69 Å². The topological polar surface area (TPSA) is 67.6 Å². The molecule has 0 aliphatic rings. The predicted octanol–water partition coefficient (Wildman–Crippen LogP) is 0.368. The smallest absolute Gasteiger partial charge is 0.389 e. The van der Waals surface area contributed by atoms with Gasteiger partial charge in [0.15, 0.2) is 5.69 Å². The maximum atomic E-state index is 12.3. The van der Waals surface area contributed by atoms with Crippen molar-refractivity contribution in [3.05, 3.63) is 18.0 Å². The van der Waals surface area contributed by atoms with E-state index < -0.39 is 23.9 Å². The molecule has 0 saturated heterocycles. The van der Waals surface area contributed by atoms with Gasteiger partial charge in [0.1, 0.15) is 6.54 Å². The molecule has 6 nitrogen and oxygen atoms in total. The molecule has 0 radical (unpaired) electrons. The molecule has 114 valence electrons. The highest BCUT2D eigenvalue weighted by atomic mass is 19.4. The molecular weight excluding hydrogens is 279 g/mol. The normalized spacial score (nSPS) is 13.3. The second-order valence-electron chi connectivity index (χ2n) is 4.28. The number of alkyl halides is 3. The highest BCUT2D eigenvalue weighted by Crippen LogP contribution is 2.27. The lowest BCUT2D eigenvalue weighted by Gasteiger charge is -2.20. The Hall–Kier alpha value is -1.61. The van der Waals surface area contributed by atoms with Crippen molar-refractivity contribution in [1.29, 1.82) is 0 Å². The van der Waals surface area contributed by atoms with Gasteiger partial charge in [-0.2, -0.15) is 18.3 Å². The summed E-state index contributed by atoms with van der Waals surface area (Å²) in [6.07, 6.45) is -4.30. The third kappa shape index (κ3) is 4.82. The van der Waals surface area contributed by atoms with E-state index in [2.05, 4.69) is 5.10 Å². The van der Waals surface area contributed by atoms with Crippen LogP contribution in [0.15, 0.2) is 12.3 Å². The van der Waals surface area contributed by atoms with Crippen LogP contribution in [0.5, 0.6) is 0 Å². The van der Waals surface area contributed by atoms with Gasteiger partial charge in [0.25, 0.3) is 0 Å². The number of aromatic nitrogens is 2. The number of aliphatic hydroxyl groups is 1. The van der Waals surface area contributed by atoms with Gasteiger partial charge in [-0.15, -0.1) is 0 Å². The first-order valence-electron chi connectivity index (χ1n) is 5.75. The fourth-order valence-corrected chi connectivity index (χ4v) is 1.52. The molecule has 0 aliphatic heterocycles. The number of aliphatic hydroxyl groups excluding tert-OH is 1. The average Bonchev–Trinajstić information content (AvgIpc) is 2.77. The molecule has 0 fully saturated rings. The summed E-state index contributed by atoms with van der Waals surface area (Å²) >= 11 is 0. The van der Waals surface area contributed by atoms with Crippen molar-refractivity contribution in [1.82, 2.24) is 14.7 Å². The number of rotatable bonds is 6. The third-order valence-corrected chi connectivity index (χ3v) is 2.50. The van der Waals surface area contributed by atoms with Crippen LogP contribution < -0.4 is 0 Å². The van der Waals surface area contributed by atoms with E-state index in [-0.39, 0.29) is 19.7 Å². The van der Waals surface area contributed by atoms with Crippen molar-refractivity contribution in [2.45, 2.75) is 18.8 Å². The van der Waals surface area contributed by atoms with Crippen molar-refractivity contribution in [3.63, 3.8) is 0 Å². The number of carbonyl (C=O) groups is 1. The fraction of sp³-hybridized carbons (Fsp3) is 0.636. The monoisotopic (exact) mass is 295 g/mol. The highest BCUT2D eigenvalue weighted by molar-refractivity contribution is 5.75. The van der Waals surface area contributed by atoms with Gasteiger partial charge in [0.05, 0.1) is 12.7 Å². The molecule has 1 aromatic heterocycles. The quantitative estimate of drug-likeness (QED) is 0.823. The van der Waals surface area contributed by atoms with Gasteiger partial charge >= 0.3 is 6.18 Å². The minimum Gasteiger partial charge on any atom is -0.389 e. The van der Waals surface area contributed by atoms with Crippen LogP contribution in [0.3, 0.4) is 0 Å². The largest absolute Gasteiger partial charge is 0.435 e. The first-order chi connectivity index (χ1) is 9.24. The SMILES string of the molecule is COCC(O)CN(C)C(=O)Cn1ccc(C(F)(F)F)n1. The Morgan fingerprint density at radius 3 is 2.75 bits per heavy atom. The summed E-state index contributed by atoms with van der Waals surface area (Å²) in [4.78, 5) is 13.0. The molecule has 0 aromatic carbocycles. The molecule has 1 heterocycles. The minimum atomic E-state index is -4.53. The van der Waals surface area contributed by atoms with Crippen LogP contribution in [-0.4, -0.2) is 59.1 Å². The van der Waals surface area contributed by atoms with E-state index in [0.29, 0.717) is 0 Å². The number of amides is 1. The molecule has 1 amide bonds. The van der Waals surface area contributed by atoms with E-state index >= 15 is 0 Å². The lowest BCUT2D eigenvalue weighted by Crippen LogP contribution is -2.38. The third-order valence-electron chi connectivity index (χ3n) is 2.50. The summed E-state index contributed by atoms with van der Waals surface area (Å²) in [5.74, 6) is -0.461. The first-order valence-corrected chi connectivity index (χ1v) is 5.75. The van der Waals surface area contributed by atoms with E-state index in [1.165, 1.54) is 19.1 Å². The van der Waals surface area contributed by atoms with Gasteiger partial charge in [0, 0.05) is 26.9 Å². The van der Waals surface area contributed by atoms with Gasteiger partial charge < -0.3 is 14.7 Å². The minimum absolute atomic E-state index is 0.0278. The number of halogens is 3. The number of hydrogen-bond donors (Lipinski definition) is 1. The summed E-state index contributed by atoms with van der Waals surface area (Å²) in [5.41, 5.74) is -1.05. The summed E-state index contributed by atoms with van der Waals surface area (Å²) < 4.78 is 42.6. The van der Waals surface area contributed by atoms with E-state index in [4.69, 9.17) is 4.74 Å². The molecular formula is C11H16F3N3O3. The van der Waals surface area contributed by atoms with E-state index in [0.717, 1.165) is 16.9 Å². The van der Waals surface area contributed by atoms with Crippen molar-refractivity contribution >= 4 is 5.91 Å². The van der Waals surface area contributed by atoms with Crippen LogP contribution in [0.2, 0.25) is 0 Å². The van der Waals surface area contributed by atoms with Crippen LogP contribution in [0.25, 0.3) is 0 Å². The summed E-state index contributed by atoms with van der Waals surface area (Å²) in [6, 6.07) is 0.799. The standard InChI is InChI=1S/C11H16F3N3O3/c1-16(5-8(18)7-20-2)10(19)6-17-4-3-9(15-17)11(12,13)14/h3-4,8,18H,5-7H2,1-2H3. The van der Waals surface area contributed by atoms with Crippen molar-refractivity contribution in [2.75, 3.05) is 27.3 Å². The summed E-state index contributed by atoms with van der Waals surface area (Å²) in [7, 11) is 2.85. The Labute approximate surface area is 113 Å². The molecule has 1 aromatic rings. The molecule has 1 N–H and O–H groups in total. The highest BCUT2D eigenvalue weighted by Gasteiger charge is 2.33. The van der Waals surface area contributed by atoms with Crippen LogP contribution in [0.4, 0.5) is 13.2 Å². The number of likely N-dealkylation sites (N-methyl/N-ethyl adjacent to an activating group) is 1. The van der Waals surface area contributed by atoms with Gasteiger partial charge in [-0.25, -0.2) is 0 Å². The molecule has 0 bridgehead atoms. The molecule has 1 unspecified atom stereocenters. The molecule has 20 heavy (non-hydrogen) atoms. The lowest BCUT2D eigenvalue weighted by atomic mass is 10.3. The van der Waals surface area contributed by atoms with Crippen LogP contribution in [-0.2, 0) is 22.3 Å². The zero-order chi connectivity index (χ0) is 15.3. The number of ether oxygens (including phenoxy) is 1. The van der Waals surface area contributed by atoms with Gasteiger partial charge in [-0.05, 0) is 6.07 Å². The molecule has 9 heteroatoms. The molecule has 0 aliphatic carbocycles. The van der Waals surface area contributed by atoms with Crippen molar-refractivity contribution in [2.24, 2.45) is 0 Å². The van der Waals surface area contributed by atoms with E-state index in [1.807, 2.05) is 0 Å². The molecule has 0 saturated carbocycles. The Balaban J connectivity index is 2.55. The number of nitrogens with zero attached hydrogens (tertiary/aromatic N) is 3. The first kappa shape index (κ1) is 16.4. The summed E-state index contributed by atoms with van der Waals surface area (Å²) in [5, 5.41) is 12.7. The van der Waals surface area contributed by atoms with Gasteiger partial charge in [-0.1, -0.05) is 0 Å². The lowest BCUT2D eigenvalue weighted by molar-refractivity contribution is -0.142. The zero-order valence-electron chi connectivity index (χ0n) is 11.1. The maximum absolute atomic E-state index is 12.3. The Kier molecular flexibility index (Phi) is 5.52. The Bertz CT molecular complexity index is 448. The Morgan fingerprint density at radius 1 is 1.60 bits per heavy atom. The van der Waals surface area contributed by atoms with Crippen LogP contribution >= 0.6 is 0 Å². The predicted molar refractivity (Wildman–Crippen MR) is 62.7 cm³/mol. The summed E-state index contributed by atoms with van der Waals surface area (Å²) in [6.45, 7) is -0.232. The number of carbonyl (C=O) groups excluding carboxylic acids is 1. The average molecular weight is 295 g/mol. The van der Waals surface area contributed by atoms with E-state index in [1.54, 1.807) is 0 Å². The van der Waals surface area contributed by atoms with Crippen molar-refractivity contribution in [3.8, 4) is 0 Å². The molecule has 1 rings (SSSR count). The number of hydrogen-bond acceptors (Lipinski definition) is 4. The van der Waals surface area contributed by atoms with Gasteiger partial charge in [-0.3, -0.25) is 9.48 Å². The van der Waals surface area contributed by atoms with E-state index in [9.17, 15) is 23.1 Å². The second-order valence-corrected chi connectivity index (χ2v) is 4.28. The Morgan fingerprint density at radius 2 is 2.25 bits per heavy atom. The van der Waals surface area contributed by atoms with Gasteiger partial charge in [0.2, 0.25) is 5.91 Å². The zero-order valence-corrected chi connectivity index (χ0v) is 11.1. The number of methoxy groups -OCH3 is 1. The second kappa shape index (κ2) is 6.71. The fourth-order valence-electron chi connectivity index (χ4n) is 1.52. The van der Waals surface area contributed by atoms with Crippen LogP contribution in [0, 0.1) is 0 Å².